The second kappa shape index (κ2) is 1.62. The van der Waals surface area contributed by atoms with Gasteiger partial charge in [-0.15, -0.1) is 0 Å². The zero-order valence-corrected chi connectivity index (χ0v) is 4.14. The Balaban J connectivity index is 2.37. The Kier molecular flexibility index (Phi) is 1.12. The standard InChI is InChI=1S/C3H6N2S/c4-3-1-5-6-2-3/h4-5H,1-2H2. The first kappa shape index (κ1) is 4.15. The van der Waals surface area contributed by atoms with Gasteiger partial charge >= 0.3 is 0 Å². The normalized spacial score (nSPS) is 22.3. The van der Waals surface area contributed by atoms with E-state index in [1.54, 1.807) is 11.9 Å². The highest BCUT2D eigenvalue weighted by atomic mass is 32.2. The van der Waals surface area contributed by atoms with Gasteiger partial charge in [0.05, 0.1) is 0 Å². The lowest BCUT2D eigenvalue weighted by Crippen LogP contribution is -2.03. The van der Waals surface area contributed by atoms with Gasteiger partial charge in [0, 0.05) is 18.0 Å². The van der Waals surface area contributed by atoms with Gasteiger partial charge in [0.25, 0.3) is 0 Å². The minimum absolute atomic E-state index is 0.782. The smallest absolute Gasteiger partial charge is 0.0470 e. The monoisotopic (exact) mass is 102 g/mol. The zero-order valence-electron chi connectivity index (χ0n) is 3.32. The Morgan fingerprint density at radius 3 is 2.83 bits per heavy atom. The van der Waals surface area contributed by atoms with Crippen molar-refractivity contribution < 1.29 is 0 Å². The first-order valence-corrected chi connectivity index (χ1v) is 2.79. The van der Waals surface area contributed by atoms with Gasteiger partial charge in [0.1, 0.15) is 0 Å². The molecule has 2 N–H and O–H groups in total. The predicted octanol–water partition coefficient (Wildman–Crippen LogP) is 0.258. The van der Waals surface area contributed by atoms with E-state index >= 15 is 0 Å². The minimum Gasteiger partial charge on any atom is -0.307 e. The second-order valence-electron chi connectivity index (χ2n) is 1.21. The number of rotatable bonds is 0. The summed E-state index contributed by atoms with van der Waals surface area (Å²) >= 11 is 1.61. The highest BCUT2D eigenvalue weighted by Crippen LogP contribution is 1.99. The molecule has 0 saturated carbocycles. The molecule has 1 saturated heterocycles. The summed E-state index contributed by atoms with van der Waals surface area (Å²) in [4.78, 5) is 0. The van der Waals surface area contributed by atoms with E-state index in [1.165, 1.54) is 0 Å². The molecule has 0 unspecified atom stereocenters. The minimum atomic E-state index is 0.782. The van der Waals surface area contributed by atoms with Crippen LogP contribution in [0.25, 0.3) is 0 Å². The molecule has 0 aromatic carbocycles. The molecule has 0 aromatic rings. The van der Waals surface area contributed by atoms with Crippen LogP contribution in [0.4, 0.5) is 0 Å². The summed E-state index contributed by atoms with van der Waals surface area (Å²) in [6.45, 7) is 0.782. The maximum atomic E-state index is 6.97. The van der Waals surface area contributed by atoms with Crippen molar-refractivity contribution >= 4 is 17.7 Å². The lowest BCUT2D eigenvalue weighted by atomic mass is 10.4. The van der Waals surface area contributed by atoms with Crippen LogP contribution in [0.15, 0.2) is 0 Å². The molecule has 0 amide bonds. The van der Waals surface area contributed by atoms with E-state index in [-0.39, 0.29) is 0 Å². The topological polar surface area (TPSA) is 35.9 Å². The van der Waals surface area contributed by atoms with E-state index in [1.807, 2.05) is 0 Å². The average molecular weight is 102 g/mol. The van der Waals surface area contributed by atoms with Crippen molar-refractivity contribution in [3.8, 4) is 0 Å². The molecule has 34 valence electrons. The molecule has 2 nitrogen and oxygen atoms in total. The number of hydrogen-bond donors (Lipinski definition) is 2. The summed E-state index contributed by atoms with van der Waals surface area (Å²) in [7, 11) is 0. The average Bonchev–Trinajstić information content (AvgIpc) is 1.86. The van der Waals surface area contributed by atoms with Crippen LogP contribution in [0, 0.1) is 5.41 Å². The lowest BCUT2D eigenvalue weighted by Gasteiger charge is -1.76. The van der Waals surface area contributed by atoms with Gasteiger partial charge in [0.2, 0.25) is 0 Å². The van der Waals surface area contributed by atoms with Crippen LogP contribution in [-0.4, -0.2) is 18.0 Å². The Morgan fingerprint density at radius 2 is 2.67 bits per heavy atom. The number of nitrogens with one attached hydrogen (secondary N) is 2. The van der Waals surface area contributed by atoms with Crippen LogP contribution in [0.3, 0.4) is 0 Å². The van der Waals surface area contributed by atoms with Crippen LogP contribution < -0.4 is 4.72 Å². The molecule has 0 atom stereocenters. The van der Waals surface area contributed by atoms with Crippen LogP contribution in [0.1, 0.15) is 0 Å². The van der Waals surface area contributed by atoms with Crippen LogP contribution in [-0.2, 0) is 0 Å². The molecule has 1 aliphatic rings. The van der Waals surface area contributed by atoms with Crippen LogP contribution >= 0.6 is 11.9 Å². The van der Waals surface area contributed by atoms with Gasteiger partial charge in [-0.05, 0) is 0 Å². The van der Waals surface area contributed by atoms with E-state index in [0.29, 0.717) is 0 Å². The molecule has 1 rings (SSSR count). The summed E-state index contributed by atoms with van der Waals surface area (Å²) < 4.78 is 2.96. The first-order valence-electron chi connectivity index (χ1n) is 1.80. The van der Waals surface area contributed by atoms with Crippen molar-refractivity contribution in [2.75, 3.05) is 12.3 Å². The number of hydrogen-bond acceptors (Lipinski definition) is 3. The van der Waals surface area contributed by atoms with Crippen molar-refractivity contribution in [1.82, 2.24) is 4.72 Å². The van der Waals surface area contributed by atoms with Gasteiger partial charge in [-0.1, -0.05) is 11.9 Å². The maximum Gasteiger partial charge on any atom is 0.0470 e. The van der Waals surface area contributed by atoms with Gasteiger partial charge in [-0.3, -0.25) is 4.72 Å². The fourth-order valence-corrected chi connectivity index (χ4v) is 0.982. The van der Waals surface area contributed by atoms with E-state index in [9.17, 15) is 0 Å². The molecule has 1 aliphatic heterocycles. The third-order valence-corrected chi connectivity index (χ3v) is 1.48. The maximum absolute atomic E-state index is 6.97. The molecule has 0 aliphatic carbocycles. The Bertz CT molecular complexity index is 63.2. The summed E-state index contributed by atoms with van der Waals surface area (Å²) in [5, 5.41) is 6.97. The highest BCUT2D eigenvalue weighted by Gasteiger charge is 2.02. The van der Waals surface area contributed by atoms with Crippen molar-refractivity contribution in [3.05, 3.63) is 0 Å². The molecule has 0 radical (unpaired) electrons. The molecule has 0 bridgehead atoms. The summed E-state index contributed by atoms with van der Waals surface area (Å²) in [6, 6.07) is 0. The van der Waals surface area contributed by atoms with Crippen molar-refractivity contribution in [3.63, 3.8) is 0 Å². The van der Waals surface area contributed by atoms with Crippen molar-refractivity contribution in [2.45, 2.75) is 0 Å². The lowest BCUT2D eigenvalue weighted by molar-refractivity contribution is 1.19. The molecule has 1 heterocycles. The molecule has 3 heteroatoms. The third kappa shape index (κ3) is 0.725. The fourth-order valence-electron chi connectivity index (χ4n) is 0.327. The summed E-state index contributed by atoms with van der Waals surface area (Å²) in [6.07, 6.45) is 0. The van der Waals surface area contributed by atoms with Gasteiger partial charge in [-0.25, -0.2) is 0 Å². The molecule has 1 fully saturated rings. The van der Waals surface area contributed by atoms with Crippen LogP contribution in [0.2, 0.25) is 0 Å². The quantitative estimate of drug-likeness (QED) is 0.430. The molecule has 6 heavy (non-hydrogen) atoms. The summed E-state index contributed by atoms with van der Waals surface area (Å²) in [5.41, 5.74) is 0.806. The van der Waals surface area contributed by atoms with E-state index < -0.39 is 0 Å². The molecule has 0 spiro atoms. The largest absolute Gasteiger partial charge is 0.307 e. The predicted molar refractivity (Wildman–Crippen MR) is 28.2 cm³/mol. The Labute approximate surface area is 41.0 Å². The first-order chi connectivity index (χ1) is 2.89. The molecular weight excluding hydrogens is 96.1 g/mol. The zero-order chi connectivity index (χ0) is 4.41. The van der Waals surface area contributed by atoms with E-state index in [2.05, 4.69) is 4.72 Å². The summed E-state index contributed by atoms with van der Waals surface area (Å²) in [5.74, 6) is 0.875. The molecular formula is C3H6N2S. The van der Waals surface area contributed by atoms with E-state index in [4.69, 9.17) is 5.41 Å². The van der Waals surface area contributed by atoms with Gasteiger partial charge in [-0.2, -0.15) is 0 Å². The van der Waals surface area contributed by atoms with Crippen LogP contribution in [0.5, 0.6) is 0 Å². The van der Waals surface area contributed by atoms with E-state index in [0.717, 1.165) is 18.0 Å². The van der Waals surface area contributed by atoms with Crippen molar-refractivity contribution in [2.24, 2.45) is 0 Å². The third-order valence-electron chi connectivity index (χ3n) is 0.634. The molecule has 0 aromatic heterocycles. The highest BCUT2D eigenvalue weighted by molar-refractivity contribution is 7.98. The Morgan fingerprint density at radius 1 is 1.83 bits per heavy atom. The van der Waals surface area contributed by atoms with Gasteiger partial charge < -0.3 is 5.41 Å². The second-order valence-corrected chi connectivity index (χ2v) is 2.08. The fraction of sp³-hybridized carbons (Fsp3) is 0.667. The Hall–Kier alpha value is -0.0200. The van der Waals surface area contributed by atoms with Crippen molar-refractivity contribution in [1.29, 1.82) is 5.41 Å². The van der Waals surface area contributed by atoms with Gasteiger partial charge in [0.15, 0.2) is 0 Å². The SMILES string of the molecule is N=C1CNSC1.